The zero-order valence-corrected chi connectivity index (χ0v) is 12.8. The molecular formula is C14H14ClFN2O2S. The molecule has 0 amide bonds. The summed E-state index contributed by atoms with van der Waals surface area (Å²) in [7, 11) is -2.31. The van der Waals surface area contributed by atoms with Crippen molar-refractivity contribution in [2.24, 2.45) is 0 Å². The van der Waals surface area contributed by atoms with E-state index < -0.39 is 10.0 Å². The second kappa shape index (κ2) is 6.01. The van der Waals surface area contributed by atoms with Crippen molar-refractivity contribution in [2.45, 2.75) is 11.4 Å². The Morgan fingerprint density at radius 2 is 1.81 bits per heavy atom. The summed E-state index contributed by atoms with van der Waals surface area (Å²) in [6, 6.07) is 9.87. The van der Waals surface area contributed by atoms with Gasteiger partial charge in [-0.3, -0.25) is 0 Å². The van der Waals surface area contributed by atoms with Gasteiger partial charge < -0.3 is 5.73 Å². The Balaban J connectivity index is 2.28. The van der Waals surface area contributed by atoms with Crippen LogP contribution in [-0.4, -0.2) is 19.8 Å². The minimum absolute atomic E-state index is 0.0111. The van der Waals surface area contributed by atoms with E-state index in [4.69, 9.17) is 17.3 Å². The lowest BCUT2D eigenvalue weighted by molar-refractivity contribution is 0.466. The third-order valence-corrected chi connectivity index (χ3v) is 5.25. The quantitative estimate of drug-likeness (QED) is 0.878. The lowest BCUT2D eigenvalue weighted by Gasteiger charge is -2.18. The van der Waals surface area contributed by atoms with Crippen molar-refractivity contribution in [1.82, 2.24) is 4.31 Å². The van der Waals surface area contributed by atoms with Gasteiger partial charge in [-0.15, -0.1) is 0 Å². The maximum atomic E-state index is 12.9. The summed E-state index contributed by atoms with van der Waals surface area (Å²) in [5.74, 6) is -0.370. The Labute approximate surface area is 128 Å². The first-order valence-corrected chi connectivity index (χ1v) is 7.88. The molecule has 0 aliphatic carbocycles. The number of nitrogens with zero attached hydrogens (tertiary/aromatic N) is 1. The molecule has 2 rings (SSSR count). The third-order valence-electron chi connectivity index (χ3n) is 2.96. The molecule has 7 heteroatoms. The fourth-order valence-electron chi connectivity index (χ4n) is 1.83. The fraction of sp³-hybridized carbons (Fsp3) is 0.143. The Kier molecular flexibility index (Phi) is 4.51. The number of hydrogen-bond acceptors (Lipinski definition) is 3. The van der Waals surface area contributed by atoms with Crippen molar-refractivity contribution < 1.29 is 12.8 Å². The average Bonchev–Trinajstić information content (AvgIpc) is 2.40. The van der Waals surface area contributed by atoms with E-state index in [0.29, 0.717) is 11.3 Å². The molecule has 0 aliphatic heterocycles. The number of nitrogen functional groups attached to an aromatic ring is 1. The highest BCUT2D eigenvalue weighted by molar-refractivity contribution is 7.89. The van der Waals surface area contributed by atoms with Crippen molar-refractivity contribution in [3.05, 3.63) is 58.9 Å². The van der Waals surface area contributed by atoms with E-state index in [0.717, 1.165) is 4.31 Å². The monoisotopic (exact) mass is 328 g/mol. The number of benzene rings is 2. The minimum atomic E-state index is -3.74. The molecule has 0 aromatic heterocycles. The summed E-state index contributed by atoms with van der Waals surface area (Å²) in [5.41, 5.74) is 6.62. The van der Waals surface area contributed by atoms with Crippen molar-refractivity contribution in [3.8, 4) is 0 Å². The van der Waals surface area contributed by atoms with Crippen LogP contribution in [0.5, 0.6) is 0 Å². The van der Waals surface area contributed by atoms with E-state index >= 15 is 0 Å². The fourth-order valence-corrected chi connectivity index (χ4v) is 3.51. The van der Waals surface area contributed by atoms with E-state index in [9.17, 15) is 12.8 Å². The van der Waals surface area contributed by atoms with Crippen molar-refractivity contribution in [2.75, 3.05) is 12.8 Å². The zero-order chi connectivity index (χ0) is 15.6. The summed E-state index contributed by atoms with van der Waals surface area (Å²) in [6.45, 7) is 0.114. The molecule has 2 aromatic carbocycles. The predicted molar refractivity (Wildman–Crippen MR) is 80.9 cm³/mol. The first-order valence-electron chi connectivity index (χ1n) is 6.06. The predicted octanol–water partition coefficient (Wildman–Crippen LogP) is 2.88. The van der Waals surface area contributed by atoms with Gasteiger partial charge in [-0.05, 0) is 35.9 Å². The van der Waals surface area contributed by atoms with Crippen LogP contribution in [0, 0.1) is 5.82 Å². The molecule has 0 radical (unpaired) electrons. The molecule has 0 saturated carbocycles. The molecule has 0 saturated heterocycles. The lowest BCUT2D eigenvalue weighted by Crippen LogP contribution is -2.26. The van der Waals surface area contributed by atoms with E-state index in [1.807, 2.05) is 0 Å². The van der Waals surface area contributed by atoms with Crippen molar-refractivity contribution in [3.63, 3.8) is 0 Å². The molecule has 2 N–H and O–H groups in total. The maximum absolute atomic E-state index is 12.9. The van der Waals surface area contributed by atoms with Crippen LogP contribution in [0.3, 0.4) is 0 Å². The molecular weight excluding hydrogens is 315 g/mol. The molecule has 0 heterocycles. The van der Waals surface area contributed by atoms with Gasteiger partial charge in [0.25, 0.3) is 0 Å². The second-order valence-electron chi connectivity index (χ2n) is 4.58. The highest BCUT2D eigenvalue weighted by atomic mass is 35.5. The molecule has 0 unspecified atom stereocenters. The summed E-state index contributed by atoms with van der Waals surface area (Å²) < 4.78 is 38.9. The van der Waals surface area contributed by atoms with Gasteiger partial charge in [0, 0.05) is 19.3 Å². The van der Waals surface area contributed by atoms with Gasteiger partial charge in [-0.25, -0.2) is 12.8 Å². The first kappa shape index (κ1) is 15.8. The van der Waals surface area contributed by atoms with E-state index in [1.54, 1.807) is 0 Å². The molecule has 0 bridgehead atoms. The van der Waals surface area contributed by atoms with Crippen LogP contribution < -0.4 is 5.73 Å². The van der Waals surface area contributed by atoms with Gasteiger partial charge in [-0.2, -0.15) is 4.31 Å². The topological polar surface area (TPSA) is 63.4 Å². The minimum Gasteiger partial charge on any atom is -0.399 e. The Morgan fingerprint density at radius 1 is 1.19 bits per heavy atom. The first-order chi connectivity index (χ1) is 9.80. The number of sulfonamides is 1. The van der Waals surface area contributed by atoms with Gasteiger partial charge in [0.2, 0.25) is 10.0 Å². The molecule has 0 fully saturated rings. The number of halogens is 2. The normalized spacial score (nSPS) is 11.8. The Hall–Kier alpha value is -1.63. The molecule has 0 spiro atoms. The van der Waals surface area contributed by atoms with Crippen LogP contribution in [0.15, 0.2) is 47.4 Å². The van der Waals surface area contributed by atoms with Crippen LogP contribution in [0.4, 0.5) is 10.1 Å². The molecule has 2 aromatic rings. The van der Waals surface area contributed by atoms with E-state index in [2.05, 4.69) is 0 Å². The molecule has 112 valence electrons. The van der Waals surface area contributed by atoms with Crippen LogP contribution >= 0.6 is 11.6 Å². The standard InChI is InChI=1S/C14H14ClFN2O2S/c1-18(9-10-2-4-11(16)5-3-10)21(19,20)14-7-6-12(17)8-13(14)15/h2-8H,9,17H2,1H3. The smallest absolute Gasteiger partial charge is 0.244 e. The molecule has 0 aliphatic rings. The third kappa shape index (κ3) is 3.53. The van der Waals surface area contributed by atoms with Crippen LogP contribution in [0.1, 0.15) is 5.56 Å². The van der Waals surface area contributed by atoms with Gasteiger partial charge in [0.15, 0.2) is 0 Å². The number of hydrogen-bond donors (Lipinski definition) is 1. The van der Waals surface area contributed by atoms with Crippen molar-refractivity contribution >= 4 is 27.3 Å². The average molecular weight is 329 g/mol. The van der Waals surface area contributed by atoms with E-state index in [-0.39, 0.29) is 22.3 Å². The zero-order valence-electron chi connectivity index (χ0n) is 11.3. The Bertz CT molecular complexity index is 748. The van der Waals surface area contributed by atoms with Crippen LogP contribution in [0.2, 0.25) is 5.02 Å². The summed E-state index contributed by atoms with van der Waals surface area (Å²) in [6.07, 6.45) is 0. The highest BCUT2D eigenvalue weighted by Gasteiger charge is 2.23. The van der Waals surface area contributed by atoms with Gasteiger partial charge >= 0.3 is 0 Å². The highest BCUT2D eigenvalue weighted by Crippen LogP contribution is 2.26. The SMILES string of the molecule is CN(Cc1ccc(F)cc1)S(=O)(=O)c1ccc(N)cc1Cl. The largest absolute Gasteiger partial charge is 0.399 e. The van der Waals surface area contributed by atoms with Gasteiger partial charge in [0.05, 0.1) is 5.02 Å². The summed E-state index contributed by atoms with van der Waals surface area (Å²) >= 11 is 5.95. The number of anilines is 1. The summed E-state index contributed by atoms with van der Waals surface area (Å²) in [5, 5.41) is 0.0703. The number of rotatable bonds is 4. The number of nitrogens with two attached hydrogens (primary N) is 1. The van der Waals surface area contributed by atoms with Crippen molar-refractivity contribution in [1.29, 1.82) is 0 Å². The van der Waals surface area contributed by atoms with E-state index in [1.165, 1.54) is 49.5 Å². The van der Waals surface area contributed by atoms with Gasteiger partial charge in [-0.1, -0.05) is 23.7 Å². The molecule has 21 heavy (non-hydrogen) atoms. The maximum Gasteiger partial charge on any atom is 0.244 e. The van der Waals surface area contributed by atoms with Crippen LogP contribution in [-0.2, 0) is 16.6 Å². The van der Waals surface area contributed by atoms with Gasteiger partial charge in [0.1, 0.15) is 10.7 Å². The Morgan fingerprint density at radius 3 is 2.38 bits per heavy atom. The molecule has 0 atom stereocenters. The second-order valence-corrected chi connectivity index (χ2v) is 7.00. The molecule has 4 nitrogen and oxygen atoms in total. The lowest BCUT2D eigenvalue weighted by atomic mass is 10.2. The summed E-state index contributed by atoms with van der Waals surface area (Å²) in [4.78, 5) is -0.0111. The van der Waals surface area contributed by atoms with Crippen LogP contribution in [0.25, 0.3) is 0 Å².